The Morgan fingerprint density at radius 3 is 2.38 bits per heavy atom. The molecule has 4 rings (SSSR count). The standard InChI is InChI=1S/C28H33FN4O4/c1-5-37-27(35)24-23(31(4)28(36)30-25(24)20-8-6-18(2)7-9-20)17-32-14-15-33(19(3)16-32)26(34)21-10-12-22(29)13-11-21/h6-13,19,25H,5,14-17H2,1-4H3,(H,30,36)/t19-,25+/m1/s1. The summed E-state index contributed by atoms with van der Waals surface area (Å²) in [5.41, 5.74) is 3.31. The van der Waals surface area contributed by atoms with Crippen LogP contribution in [-0.4, -0.2) is 78.5 Å². The van der Waals surface area contributed by atoms with E-state index in [1.54, 1.807) is 18.9 Å². The third-order valence-corrected chi connectivity index (χ3v) is 6.92. The van der Waals surface area contributed by atoms with E-state index in [0.717, 1.165) is 11.1 Å². The average molecular weight is 509 g/mol. The molecule has 0 bridgehead atoms. The van der Waals surface area contributed by atoms with Crippen molar-refractivity contribution in [2.75, 3.05) is 39.8 Å². The Labute approximate surface area is 216 Å². The first-order valence-corrected chi connectivity index (χ1v) is 12.5. The van der Waals surface area contributed by atoms with E-state index < -0.39 is 12.0 Å². The third-order valence-electron chi connectivity index (χ3n) is 6.92. The Morgan fingerprint density at radius 2 is 1.76 bits per heavy atom. The molecule has 0 radical (unpaired) electrons. The molecule has 2 aliphatic heterocycles. The number of likely N-dealkylation sites (N-methyl/N-ethyl adjacent to an activating group) is 1. The number of benzene rings is 2. The van der Waals surface area contributed by atoms with Gasteiger partial charge in [-0.25, -0.2) is 14.0 Å². The van der Waals surface area contributed by atoms with E-state index in [9.17, 15) is 18.8 Å². The van der Waals surface area contributed by atoms with Crippen molar-refractivity contribution in [3.8, 4) is 0 Å². The molecule has 0 aromatic heterocycles. The van der Waals surface area contributed by atoms with Crippen molar-refractivity contribution in [2.45, 2.75) is 32.9 Å². The monoisotopic (exact) mass is 508 g/mol. The summed E-state index contributed by atoms with van der Waals surface area (Å²) < 4.78 is 18.7. The average Bonchev–Trinajstić information content (AvgIpc) is 2.87. The van der Waals surface area contributed by atoms with Crippen LogP contribution in [0.4, 0.5) is 9.18 Å². The van der Waals surface area contributed by atoms with Crippen LogP contribution in [0, 0.1) is 12.7 Å². The van der Waals surface area contributed by atoms with Crippen LogP contribution < -0.4 is 5.32 Å². The van der Waals surface area contributed by atoms with Crippen LogP contribution in [0.3, 0.4) is 0 Å². The molecule has 2 atom stereocenters. The van der Waals surface area contributed by atoms with Gasteiger partial charge < -0.3 is 15.0 Å². The normalized spacial score (nSPS) is 20.6. The predicted octanol–water partition coefficient (Wildman–Crippen LogP) is 3.49. The first kappa shape index (κ1) is 26.3. The highest BCUT2D eigenvalue weighted by Crippen LogP contribution is 2.32. The Balaban J connectivity index is 1.59. The molecule has 2 aliphatic rings. The zero-order valence-corrected chi connectivity index (χ0v) is 21.7. The zero-order valence-electron chi connectivity index (χ0n) is 21.7. The molecular weight excluding hydrogens is 475 g/mol. The molecule has 196 valence electrons. The lowest BCUT2D eigenvalue weighted by Crippen LogP contribution is -2.56. The highest BCUT2D eigenvalue weighted by molar-refractivity contribution is 5.95. The Hall–Kier alpha value is -3.72. The SMILES string of the molecule is CCOC(=O)C1=C(CN2CCN(C(=O)c3ccc(F)cc3)[C@H](C)C2)N(C)C(=O)N[C@H]1c1ccc(C)cc1. The lowest BCUT2D eigenvalue weighted by molar-refractivity contribution is -0.139. The predicted molar refractivity (Wildman–Crippen MR) is 137 cm³/mol. The van der Waals surface area contributed by atoms with Crippen molar-refractivity contribution < 1.29 is 23.5 Å². The number of hydrogen-bond acceptors (Lipinski definition) is 5. The molecule has 2 aromatic carbocycles. The van der Waals surface area contributed by atoms with Gasteiger partial charge in [0.2, 0.25) is 0 Å². The molecule has 2 heterocycles. The largest absolute Gasteiger partial charge is 0.463 e. The second-order valence-corrected chi connectivity index (χ2v) is 9.52. The van der Waals surface area contributed by atoms with Crippen LogP contribution in [0.15, 0.2) is 59.8 Å². The van der Waals surface area contributed by atoms with Gasteiger partial charge in [-0.05, 0) is 50.6 Å². The molecule has 2 aromatic rings. The minimum atomic E-state index is -0.628. The fourth-order valence-electron chi connectivity index (χ4n) is 4.86. The van der Waals surface area contributed by atoms with Crippen molar-refractivity contribution in [1.29, 1.82) is 0 Å². The van der Waals surface area contributed by atoms with Gasteiger partial charge in [-0.1, -0.05) is 29.8 Å². The number of carbonyl (C=O) groups is 3. The number of aryl methyl sites for hydroxylation is 1. The molecule has 3 amide bonds. The second kappa shape index (κ2) is 11.1. The topological polar surface area (TPSA) is 82.2 Å². The van der Waals surface area contributed by atoms with E-state index in [2.05, 4.69) is 10.2 Å². The van der Waals surface area contributed by atoms with Crippen molar-refractivity contribution in [3.63, 3.8) is 0 Å². The number of urea groups is 1. The van der Waals surface area contributed by atoms with Gasteiger partial charge in [0, 0.05) is 50.5 Å². The van der Waals surface area contributed by atoms with Gasteiger partial charge in [-0.2, -0.15) is 0 Å². The van der Waals surface area contributed by atoms with Crippen molar-refractivity contribution in [2.24, 2.45) is 0 Å². The number of nitrogens with one attached hydrogen (secondary N) is 1. The van der Waals surface area contributed by atoms with Gasteiger partial charge in [0.25, 0.3) is 5.91 Å². The molecule has 1 fully saturated rings. The van der Waals surface area contributed by atoms with Crippen molar-refractivity contribution in [1.82, 2.24) is 20.0 Å². The van der Waals surface area contributed by atoms with Crippen LogP contribution in [0.5, 0.6) is 0 Å². The molecular formula is C28H33FN4O4. The summed E-state index contributed by atoms with van der Waals surface area (Å²) in [7, 11) is 1.65. The highest BCUT2D eigenvalue weighted by atomic mass is 19.1. The van der Waals surface area contributed by atoms with E-state index in [0.29, 0.717) is 43.0 Å². The first-order valence-electron chi connectivity index (χ1n) is 12.5. The fourth-order valence-corrected chi connectivity index (χ4v) is 4.86. The molecule has 0 saturated carbocycles. The number of ether oxygens (including phenoxy) is 1. The summed E-state index contributed by atoms with van der Waals surface area (Å²) in [5, 5.41) is 2.94. The lowest BCUT2D eigenvalue weighted by atomic mass is 9.93. The number of carbonyl (C=O) groups excluding carboxylic acids is 3. The van der Waals surface area contributed by atoms with E-state index in [1.165, 1.54) is 29.2 Å². The third kappa shape index (κ3) is 5.67. The summed E-state index contributed by atoms with van der Waals surface area (Å²) in [6.45, 7) is 7.84. The van der Waals surface area contributed by atoms with Gasteiger partial charge >= 0.3 is 12.0 Å². The minimum Gasteiger partial charge on any atom is -0.463 e. The van der Waals surface area contributed by atoms with Crippen LogP contribution in [0.1, 0.15) is 41.4 Å². The van der Waals surface area contributed by atoms with Crippen LogP contribution >= 0.6 is 0 Å². The summed E-state index contributed by atoms with van der Waals surface area (Å²) >= 11 is 0. The van der Waals surface area contributed by atoms with Gasteiger partial charge in [0.1, 0.15) is 5.82 Å². The molecule has 8 nitrogen and oxygen atoms in total. The maximum absolute atomic E-state index is 13.3. The number of esters is 1. The molecule has 1 N–H and O–H groups in total. The molecule has 0 unspecified atom stereocenters. The molecule has 9 heteroatoms. The Bertz CT molecular complexity index is 1200. The quantitative estimate of drug-likeness (QED) is 0.604. The Morgan fingerprint density at radius 1 is 1.08 bits per heavy atom. The molecule has 0 aliphatic carbocycles. The van der Waals surface area contributed by atoms with Gasteiger partial charge in [0.05, 0.1) is 18.2 Å². The van der Waals surface area contributed by atoms with Crippen LogP contribution in [-0.2, 0) is 9.53 Å². The van der Waals surface area contributed by atoms with Crippen molar-refractivity contribution in [3.05, 3.63) is 82.3 Å². The number of hydrogen-bond donors (Lipinski definition) is 1. The van der Waals surface area contributed by atoms with E-state index in [4.69, 9.17) is 4.74 Å². The summed E-state index contributed by atoms with van der Waals surface area (Å²) in [4.78, 5) is 44.5. The molecule has 0 spiro atoms. The summed E-state index contributed by atoms with van der Waals surface area (Å²) in [6.07, 6.45) is 0. The van der Waals surface area contributed by atoms with E-state index in [-0.39, 0.29) is 30.4 Å². The minimum absolute atomic E-state index is 0.117. The molecule has 1 saturated heterocycles. The number of halogens is 1. The lowest BCUT2D eigenvalue weighted by Gasteiger charge is -2.42. The van der Waals surface area contributed by atoms with Crippen LogP contribution in [0.25, 0.3) is 0 Å². The number of piperazine rings is 1. The number of amides is 3. The number of nitrogens with zero attached hydrogens (tertiary/aromatic N) is 3. The van der Waals surface area contributed by atoms with Gasteiger partial charge in [-0.15, -0.1) is 0 Å². The maximum Gasteiger partial charge on any atom is 0.338 e. The summed E-state index contributed by atoms with van der Waals surface area (Å²) in [5.74, 6) is -0.995. The van der Waals surface area contributed by atoms with Gasteiger partial charge in [0.15, 0.2) is 0 Å². The smallest absolute Gasteiger partial charge is 0.338 e. The van der Waals surface area contributed by atoms with E-state index >= 15 is 0 Å². The number of rotatable bonds is 6. The fraction of sp³-hybridized carbons (Fsp3) is 0.393. The summed E-state index contributed by atoms with van der Waals surface area (Å²) in [6, 6.07) is 12.2. The maximum atomic E-state index is 13.3. The Kier molecular flexibility index (Phi) is 7.92. The van der Waals surface area contributed by atoms with Crippen LogP contribution in [0.2, 0.25) is 0 Å². The van der Waals surface area contributed by atoms with E-state index in [1.807, 2.05) is 38.1 Å². The van der Waals surface area contributed by atoms with Gasteiger partial charge in [-0.3, -0.25) is 14.6 Å². The zero-order chi connectivity index (χ0) is 26.7. The van der Waals surface area contributed by atoms with Crippen molar-refractivity contribution >= 4 is 17.9 Å². The first-order chi connectivity index (χ1) is 17.7. The second-order valence-electron chi connectivity index (χ2n) is 9.52. The molecule has 37 heavy (non-hydrogen) atoms. The highest BCUT2D eigenvalue weighted by Gasteiger charge is 2.38.